The fourth-order valence-electron chi connectivity index (χ4n) is 1.32. The van der Waals surface area contributed by atoms with E-state index in [2.05, 4.69) is 15.4 Å². The molecule has 5 heteroatoms. The molecule has 0 aliphatic carbocycles. The monoisotopic (exact) mass is 204 g/mol. The van der Waals surface area contributed by atoms with Gasteiger partial charge in [0.05, 0.1) is 6.20 Å². The maximum absolute atomic E-state index is 11.7. The number of hydrogen-bond acceptors (Lipinski definition) is 3. The van der Waals surface area contributed by atoms with E-state index in [0.717, 1.165) is 6.42 Å². The highest BCUT2D eigenvalue weighted by atomic mass is 16.1. The Bertz CT molecular complexity index is 477. The standard InChI is InChI=1S/C10H12N4O/c1-2-4-12-10(15)8-7-13-14-6-3-5-11-9(8)14/h3,5-7H,2,4H2,1H3,(H,12,15). The zero-order valence-electron chi connectivity index (χ0n) is 8.47. The van der Waals surface area contributed by atoms with Crippen molar-refractivity contribution in [2.24, 2.45) is 0 Å². The normalized spacial score (nSPS) is 10.5. The van der Waals surface area contributed by atoms with E-state index in [4.69, 9.17) is 0 Å². The van der Waals surface area contributed by atoms with Crippen LogP contribution in [0.1, 0.15) is 23.7 Å². The van der Waals surface area contributed by atoms with E-state index in [-0.39, 0.29) is 5.91 Å². The molecule has 2 rings (SSSR count). The fourth-order valence-corrected chi connectivity index (χ4v) is 1.32. The molecule has 5 nitrogen and oxygen atoms in total. The SMILES string of the molecule is CCCNC(=O)c1cnn2cccnc12. The third kappa shape index (κ3) is 1.81. The number of carbonyl (C=O) groups excluding carboxylic acids is 1. The number of nitrogens with one attached hydrogen (secondary N) is 1. The van der Waals surface area contributed by atoms with E-state index in [1.165, 1.54) is 6.20 Å². The number of fused-ring (bicyclic) bond motifs is 1. The van der Waals surface area contributed by atoms with Crippen molar-refractivity contribution in [1.29, 1.82) is 0 Å². The van der Waals surface area contributed by atoms with Gasteiger partial charge in [0.25, 0.3) is 5.91 Å². The summed E-state index contributed by atoms with van der Waals surface area (Å²) in [5, 5.41) is 6.84. The van der Waals surface area contributed by atoms with Gasteiger partial charge in [-0.1, -0.05) is 6.92 Å². The van der Waals surface area contributed by atoms with Crippen LogP contribution in [0, 0.1) is 0 Å². The molecule has 2 aromatic rings. The maximum atomic E-state index is 11.7. The van der Waals surface area contributed by atoms with Crippen LogP contribution in [0.4, 0.5) is 0 Å². The molecule has 0 aromatic carbocycles. The molecule has 15 heavy (non-hydrogen) atoms. The largest absolute Gasteiger partial charge is 0.352 e. The molecule has 1 N–H and O–H groups in total. The van der Waals surface area contributed by atoms with Crippen LogP contribution in [-0.2, 0) is 0 Å². The highest BCUT2D eigenvalue weighted by Gasteiger charge is 2.11. The second-order valence-corrected chi connectivity index (χ2v) is 3.20. The average molecular weight is 204 g/mol. The topological polar surface area (TPSA) is 59.3 Å². The molecule has 78 valence electrons. The second-order valence-electron chi connectivity index (χ2n) is 3.20. The van der Waals surface area contributed by atoms with Gasteiger partial charge in [0.2, 0.25) is 0 Å². The summed E-state index contributed by atoms with van der Waals surface area (Å²) in [6.45, 7) is 2.68. The lowest BCUT2D eigenvalue weighted by Gasteiger charge is -2.00. The van der Waals surface area contributed by atoms with Crippen LogP contribution >= 0.6 is 0 Å². The number of aromatic nitrogens is 3. The van der Waals surface area contributed by atoms with E-state index in [9.17, 15) is 4.79 Å². The molecule has 0 bridgehead atoms. The van der Waals surface area contributed by atoms with Crippen molar-refractivity contribution in [3.8, 4) is 0 Å². The summed E-state index contributed by atoms with van der Waals surface area (Å²) < 4.78 is 1.58. The molecular formula is C10H12N4O. The van der Waals surface area contributed by atoms with Gasteiger partial charge in [-0.15, -0.1) is 0 Å². The molecule has 0 aliphatic rings. The maximum Gasteiger partial charge on any atom is 0.256 e. The van der Waals surface area contributed by atoms with Gasteiger partial charge in [-0.3, -0.25) is 4.79 Å². The van der Waals surface area contributed by atoms with E-state index < -0.39 is 0 Å². The quantitative estimate of drug-likeness (QED) is 0.807. The van der Waals surface area contributed by atoms with Gasteiger partial charge in [0.1, 0.15) is 5.56 Å². The summed E-state index contributed by atoms with van der Waals surface area (Å²) >= 11 is 0. The summed E-state index contributed by atoms with van der Waals surface area (Å²) in [4.78, 5) is 15.8. The van der Waals surface area contributed by atoms with E-state index in [0.29, 0.717) is 17.8 Å². The molecule has 0 saturated carbocycles. The van der Waals surface area contributed by atoms with Gasteiger partial charge in [0.15, 0.2) is 5.65 Å². The minimum absolute atomic E-state index is 0.120. The van der Waals surface area contributed by atoms with Gasteiger partial charge in [0, 0.05) is 18.9 Å². The minimum atomic E-state index is -0.120. The van der Waals surface area contributed by atoms with Crippen LogP contribution < -0.4 is 5.32 Å². The molecular weight excluding hydrogens is 192 g/mol. The molecule has 0 aliphatic heterocycles. The molecule has 0 radical (unpaired) electrons. The molecule has 0 atom stereocenters. The van der Waals surface area contributed by atoms with Gasteiger partial charge in [-0.05, 0) is 12.5 Å². The smallest absolute Gasteiger partial charge is 0.256 e. The molecule has 0 spiro atoms. The Morgan fingerprint density at radius 3 is 3.27 bits per heavy atom. The highest BCUT2D eigenvalue weighted by molar-refractivity contribution is 5.99. The Kier molecular flexibility index (Phi) is 2.62. The van der Waals surface area contributed by atoms with Crippen LogP contribution in [0.3, 0.4) is 0 Å². The van der Waals surface area contributed by atoms with Crippen molar-refractivity contribution in [3.63, 3.8) is 0 Å². The number of rotatable bonds is 3. The molecule has 1 amide bonds. The van der Waals surface area contributed by atoms with Gasteiger partial charge in [-0.2, -0.15) is 5.10 Å². The van der Waals surface area contributed by atoms with Crippen molar-refractivity contribution in [2.75, 3.05) is 6.54 Å². The van der Waals surface area contributed by atoms with Crippen LogP contribution in [0.5, 0.6) is 0 Å². The lowest BCUT2D eigenvalue weighted by atomic mass is 10.3. The van der Waals surface area contributed by atoms with E-state index >= 15 is 0 Å². The summed E-state index contributed by atoms with van der Waals surface area (Å²) in [6, 6.07) is 1.77. The average Bonchev–Trinajstić information content (AvgIpc) is 2.69. The van der Waals surface area contributed by atoms with Crippen molar-refractivity contribution in [3.05, 3.63) is 30.2 Å². The molecule has 0 unspecified atom stereocenters. The molecule has 2 heterocycles. The Morgan fingerprint density at radius 1 is 1.60 bits per heavy atom. The van der Waals surface area contributed by atoms with Crippen LogP contribution in [-0.4, -0.2) is 27.0 Å². The highest BCUT2D eigenvalue weighted by Crippen LogP contribution is 2.06. The van der Waals surface area contributed by atoms with Crippen LogP contribution in [0.2, 0.25) is 0 Å². The van der Waals surface area contributed by atoms with Gasteiger partial charge >= 0.3 is 0 Å². The molecule has 0 fully saturated rings. The minimum Gasteiger partial charge on any atom is -0.352 e. The Morgan fingerprint density at radius 2 is 2.47 bits per heavy atom. The Labute approximate surface area is 87.1 Å². The lowest BCUT2D eigenvalue weighted by molar-refractivity contribution is 0.0955. The Balaban J connectivity index is 2.31. The van der Waals surface area contributed by atoms with Crippen molar-refractivity contribution < 1.29 is 4.79 Å². The fraction of sp³-hybridized carbons (Fsp3) is 0.300. The summed E-state index contributed by atoms with van der Waals surface area (Å²) in [7, 11) is 0. The zero-order chi connectivity index (χ0) is 10.7. The van der Waals surface area contributed by atoms with E-state index in [1.54, 1.807) is 23.0 Å². The van der Waals surface area contributed by atoms with Crippen molar-refractivity contribution in [2.45, 2.75) is 13.3 Å². The number of nitrogens with zero attached hydrogens (tertiary/aromatic N) is 3. The van der Waals surface area contributed by atoms with Gasteiger partial charge < -0.3 is 5.32 Å². The Hall–Kier alpha value is -1.91. The van der Waals surface area contributed by atoms with E-state index in [1.807, 2.05) is 6.92 Å². The number of hydrogen-bond donors (Lipinski definition) is 1. The third-order valence-electron chi connectivity index (χ3n) is 2.06. The zero-order valence-corrected chi connectivity index (χ0v) is 8.47. The first-order chi connectivity index (χ1) is 7.33. The van der Waals surface area contributed by atoms with Crippen molar-refractivity contribution in [1.82, 2.24) is 19.9 Å². The second kappa shape index (κ2) is 4.08. The predicted molar refractivity (Wildman–Crippen MR) is 55.6 cm³/mol. The predicted octanol–water partition coefficient (Wildman–Crippen LogP) is 0.869. The molecule has 0 saturated heterocycles. The summed E-state index contributed by atoms with van der Waals surface area (Å²) in [5.74, 6) is -0.120. The summed E-state index contributed by atoms with van der Waals surface area (Å²) in [5.41, 5.74) is 1.11. The third-order valence-corrected chi connectivity index (χ3v) is 2.06. The number of carbonyl (C=O) groups is 1. The van der Waals surface area contributed by atoms with Gasteiger partial charge in [-0.25, -0.2) is 9.50 Å². The first kappa shape index (κ1) is 9.64. The lowest BCUT2D eigenvalue weighted by Crippen LogP contribution is -2.23. The number of amides is 1. The van der Waals surface area contributed by atoms with Crippen molar-refractivity contribution >= 4 is 11.6 Å². The first-order valence-electron chi connectivity index (χ1n) is 4.89. The first-order valence-corrected chi connectivity index (χ1v) is 4.89. The molecule has 2 aromatic heterocycles. The van der Waals surface area contributed by atoms with Crippen LogP contribution in [0.15, 0.2) is 24.7 Å². The van der Waals surface area contributed by atoms with Crippen LogP contribution in [0.25, 0.3) is 5.65 Å². The summed E-state index contributed by atoms with van der Waals surface area (Å²) in [6.07, 6.45) is 5.86.